The first-order valence-corrected chi connectivity index (χ1v) is 6.15. The molecule has 2 rings (SSSR count). The van der Waals surface area contributed by atoms with Crippen molar-refractivity contribution >= 4 is 11.7 Å². The number of hydrogen-bond donors (Lipinski definition) is 2. The second kappa shape index (κ2) is 4.73. The van der Waals surface area contributed by atoms with Crippen LogP contribution in [-0.2, 0) is 0 Å². The SMILES string of the molecule is CC(C)N(CC1CC1)c1cc(C(=N)N)ccn1. The van der Waals surface area contributed by atoms with Gasteiger partial charge in [-0.25, -0.2) is 4.98 Å². The van der Waals surface area contributed by atoms with Crippen LogP contribution in [0.3, 0.4) is 0 Å². The molecule has 0 amide bonds. The first-order chi connectivity index (χ1) is 8.08. The zero-order valence-corrected chi connectivity index (χ0v) is 10.5. The minimum absolute atomic E-state index is 0.101. The van der Waals surface area contributed by atoms with Crippen LogP contribution in [-0.4, -0.2) is 23.4 Å². The lowest BCUT2D eigenvalue weighted by atomic mass is 10.2. The average Bonchev–Trinajstić information content (AvgIpc) is 3.09. The second-order valence-corrected chi connectivity index (χ2v) is 5.01. The minimum atomic E-state index is 0.101. The topological polar surface area (TPSA) is 66.0 Å². The molecular weight excluding hydrogens is 212 g/mol. The summed E-state index contributed by atoms with van der Waals surface area (Å²) < 4.78 is 0. The Morgan fingerprint density at radius 3 is 2.82 bits per heavy atom. The zero-order chi connectivity index (χ0) is 12.4. The maximum absolute atomic E-state index is 7.47. The van der Waals surface area contributed by atoms with E-state index in [-0.39, 0.29) is 5.84 Å². The van der Waals surface area contributed by atoms with E-state index in [1.807, 2.05) is 6.07 Å². The van der Waals surface area contributed by atoms with Crippen molar-refractivity contribution in [3.8, 4) is 0 Å². The van der Waals surface area contributed by atoms with Gasteiger partial charge in [-0.1, -0.05) is 0 Å². The van der Waals surface area contributed by atoms with E-state index in [1.54, 1.807) is 12.3 Å². The van der Waals surface area contributed by atoms with Crippen LogP contribution in [0.25, 0.3) is 0 Å². The Morgan fingerprint density at radius 2 is 2.29 bits per heavy atom. The predicted octanol–water partition coefficient (Wildman–Crippen LogP) is 1.99. The highest BCUT2D eigenvalue weighted by molar-refractivity contribution is 5.95. The largest absolute Gasteiger partial charge is 0.384 e. The molecule has 0 radical (unpaired) electrons. The first-order valence-electron chi connectivity index (χ1n) is 6.15. The molecule has 1 aliphatic carbocycles. The van der Waals surface area contributed by atoms with Crippen molar-refractivity contribution in [2.24, 2.45) is 11.7 Å². The van der Waals surface area contributed by atoms with E-state index in [4.69, 9.17) is 11.1 Å². The van der Waals surface area contributed by atoms with Crippen molar-refractivity contribution < 1.29 is 0 Å². The molecule has 0 bridgehead atoms. The molecule has 1 heterocycles. The number of pyridine rings is 1. The van der Waals surface area contributed by atoms with E-state index in [0.717, 1.165) is 23.8 Å². The van der Waals surface area contributed by atoms with E-state index < -0.39 is 0 Å². The van der Waals surface area contributed by atoms with Gasteiger partial charge in [-0.3, -0.25) is 5.41 Å². The van der Waals surface area contributed by atoms with E-state index in [1.165, 1.54) is 12.8 Å². The molecular formula is C13H20N4. The quantitative estimate of drug-likeness (QED) is 0.602. The summed E-state index contributed by atoms with van der Waals surface area (Å²) in [5.41, 5.74) is 6.26. The molecule has 0 saturated heterocycles. The highest BCUT2D eigenvalue weighted by Gasteiger charge is 2.26. The van der Waals surface area contributed by atoms with Crippen molar-refractivity contribution in [2.45, 2.75) is 32.7 Å². The third-order valence-corrected chi connectivity index (χ3v) is 3.13. The minimum Gasteiger partial charge on any atom is -0.384 e. The highest BCUT2D eigenvalue weighted by atomic mass is 15.2. The predicted molar refractivity (Wildman–Crippen MR) is 70.5 cm³/mol. The van der Waals surface area contributed by atoms with E-state index >= 15 is 0 Å². The summed E-state index contributed by atoms with van der Waals surface area (Å²) in [5, 5.41) is 7.47. The average molecular weight is 232 g/mol. The lowest BCUT2D eigenvalue weighted by Crippen LogP contribution is -2.33. The molecule has 92 valence electrons. The molecule has 1 aromatic heterocycles. The molecule has 0 spiro atoms. The van der Waals surface area contributed by atoms with Gasteiger partial charge >= 0.3 is 0 Å². The summed E-state index contributed by atoms with van der Waals surface area (Å²) in [6.07, 6.45) is 4.39. The normalized spacial score (nSPS) is 15.0. The number of anilines is 1. The lowest BCUT2D eigenvalue weighted by molar-refractivity contribution is 0.637. The van der Waals surface area contributed by atoms with Crippen LogP contribution < -0.4 is 10.6 Å². The van der Waals surface area contributed by atoms with Crippen LogP contribution in [0.2, 0.25) is 0 Å². The Bertz CT molecular complexity index is 410. The fraction of sp³-hybridized carbons (Fsp3) is 0.538. The Morgan fingerprint density at radius 1 is 1.59 bits per heavy atom. The lowest BCUT2D eigenvalue weighted by Gasteiger charge is -2.28. The van der Waals surface area contributed by atoms with Gasteiger partial charge in [0.25, 0.3) is 0 Å². The Labute approximate surface area is 102 Å². The maximum Gasteiger partial charge on any atom is 0.129 e. The maximum atomic E-state index is 7.47. The summed E-state index contributed by atoms with van der Waals surface area (Å²) in [5.74, 6) is 1.85. The fourth-order valence-electron chi connectivity index (χ4n) is 1.89. The second-order valence-electron chi connectivity index (χ2n) is 5.01. The van der Waals surface area contributed by atoms with Gasteiger partial charge in [0.2, 0.25) is 0 Å². The summed E-state index contributed by atoms with van der Waals surface area (Å²) >= 11 is 0. The van der Waals surface area contributed by atoms with Gasteiger partial charge < -0.3 is 10.6 Å². The van der Waals surface area contributed by atoms with Gasteiger partial charge in [-0.2, -0.15) is 0 Å². The number of nitrogens with two attached hydrogens (primary N) is 1. The van der Waals surface area contributed by atoms with Crippen LogP contribution in [0.4, 0.5) is 5.82 Å². The summed E-state index contributed by atoms with van der Waals surface area (Å²) in [4.78, 5) is 6.69. The first kappa shape index (κ1) is 11.9. The molecule has 0 aromatic carbocycles. The Balaban J connectivity index is 2.21. The van der Waals surface area contributed by atoms with Gasteiger partial charge in [0, 0.05) is 24.3 Å². The molecule has 17 heavy (non-hydrogen) atoms. The van der Waals surface area contributed by atoms with Gasteiger partial charge in [0.15, 0.2) is 0 Å². The van der Waals surface area contributed by atoms with E-state index in [9.17, 15) is 0 Å². The number of nitrogens with zero attached hydrogens (tertiary/aromatic N) is 2. The fourth-order valence-corrected chi connectivity index (χ4v) is 1.89. The number of aromatic nitrogens is 1. The van der Waals surface area contributed by atoms with Crippen LogP contribution in [0.5, 0.6) is 0 Å². The number of rotatable bonds is 5. The summed E-state index contributed by atoms with van der Waals surface area (Å²) in [6, 6.07) is 4.11. The van der Waals surface area contributed by atoms with Crippen LogP contribution in [0.1, 0.15) is 32.3 Å². The highest BCUT2D eigenvalue weighted by Crippen LogP contribution is 2.31. The van der Waals surface area contributed by atoms with Crippen molar-refractivity contribution in [2.75, 3.05) is 11.4 Å². The Hall–Kier alpha value is -1.58. The van der Waals surface area contributed by atoms with Crippen molar-refractivity contribution in [1.29, 1.82) is 5.41 Å². The van der Waals surface area contributed by atoms with E-state index in [2.05, 4.69) is 23.7 Å². The monoisotopic (exact) mass is 232 g/mol. The third kappa shape index (κ3) is 2.96. The molecule has 0 unspecified atom stereocenters. The number of nitrogen functional groups attached to an aromatic ring is 1. The zero-order valence-electron chi connectivity index (χ0n) is 10.5. The van der Waals surface area contributed by atoms with Crippen LogP contribution >= 0.6 is 0 Å². The van der Waals surface area contributed by atoms with Gasteiger partial charge in [0.1, 0.15) is 11.7 Å². The van der Waals surface area contributed by atoms with Gasteiger partial charge in [-0.05, 0) is 44.7 Å². The van der Waals surface area contributed by atoms with Crippen LogP contribution in [0, 0.1) is 11.3 Å². The molecule has 0 aliphatic heterocycles. The molecule has 1 aromatic rings. The van der Waals surface area contributed by atoms with Crippen LogP contribution in [0.15, 0.2) is 18.3 Å². The van der Waals surface area contributed by atoms with Crippen molar-refractivity contribution in [3.63, 3.8) is 0 Å². The smallest absolute Gasteiger partial charge is 0.129 e. The molecule has 4 heteroatoms. The molecule has 0 atom stereocenters. The molecule has 1 fully saturated rings. The van der Waals surface area contributed by atoms with Gasteiger partial charge in [-0.15, -0.1) is 0 Å². The van der Waals surface area contributed by atoms with Crippen molar-refractivity contribution in [3.05, 3.63) is 23.9 Å². The van der Waals surface area contributed by atoms with Gasteiger partial charge in [0.05, 0.1) is 0 Å². The standard InChI is InChI=1S/C13H20N4/c1-9(2)17(8-10-3-4-10)12-7-11(13(14)15)5-6-16-12/h5-7,9-10H,3-4,8H2,1-2H3,(H3,14,15). The number of nitrogens with one attached hydrogen (secondary N) is 1. The third-order valence-electron chi connectivity index (χ3n) is 3.13. The molecule has 3 N–H and O–H groups in total. The molecule has 1 aliphatic rings. The van der Waals surface area contributed by atoms with Crippen molar-refractivity contribution in [1.82, 2.24) is 4.98 Å². The van der Waals surface area contributed by atoms with E-state index in [0.29, 0.717) is 6.04 Å². The molecule has 4 nitrogen and oxygen atoms in total. The number of amidine groups is 1. The summed E-state index contributed by atoms with van der Waals surface area (Å²) in [7, 11) is 0. The number of hydrogen-bond acceptors (Lipinski definition) is 3. The molecule has 1 saturated carbocycles. The Kier molecular flexibility index (Phi) is 3.31. The summed E-state index contributed by atoms with van der Waals surface area (Å²) in [6.45, 7) is 5.40.